The van der Waals surface area contributed by atoms with Gasteiger partial charge in [-0.05, 0) is 68.2 Å². The fourth-order valence-electron chi connectivity index (χ4n) is 9.55. The number of nitrogens with one attached hydrogen (secondary N) is 6. The number of likely N-dealkylation sites (tertiary alicyclic amines) is 1. The molecule has 2 saturated heterocycles. The van der Waals surface area contributed by atoms with Crippen LogP contribution in [0.25, 0.3) is 0 Å². The van der Waals surface area contributed by atoms with Crippen LogP contribution >= 0.6 is 21.6 Å². The fraction of sp³-hybridized carbons (Fsp3) is 0.549. The molecule has 2 aliphatic heterocycles. The minimum absolute atomic E-state index is 0.0168. The van der Waals surface area contributed by atoms with Gasteiger partial charge in [0.05, 0.1) is 6.42 Å². The number of rotatable bonds is 17. The number of phenols is 1. The van der Waals surface area contributed by atoms with Gasteiger partial charge in [-0.1, -0.05) is 83.3 Å². The Kier molecular flexibility index (Phi) is 23.2. The Labute approximate surface area is 455 Å². The van der Waals surface area contributed by atoms with Crippen molar-refractivity contribution in [3.05, 3.63) is 65.7 Å². The first-order chi connectivity index (χ1) is 36.7. The van der Waals surface area contributed by atoms with E-state index in [0.29, 0.717) is 36.8 Å². The number of phenolic OH excluding ortho intramolecular Hbond substituents is 1. The highest BCUT2D eigenvalue weighted by atomic mass is 33.1. The largest absolute Gasteiger partial charge is 0.508 e. The van der Waals surface area contributed by atoms with Crippen LogP contribution in [0.15, 0.2) is 59.6 Å². The summed E-state index contributed by atoms with van der Waals surface area (Å²) in [5, 5.41) is 26.0. The molecule has 10 amide bonds. The van der Waals surface area contributed by atoms with Crippen molar-refractivity contribution in [1.29, 1.82) is 0 Å². The molecule has 3 aliphatic rings. The quantitative estimate of drug-likeness (QED) is 0.0386. The highest BCUT2D eigenvalue weighted by Crippen LogP contribution is 2.49. The van der Waals surface area contributed by atoms with Crippen molar-refractivity contribution < 1.29 is 53.1 Å². The summed E-state index contributed by atoms with van der Waals surface area (Å²) in [6.07, 6.45) is 2.93. The van der Waals surface area contributed by atoms with Crippen molar-refractivity contribution in [2.75, 3.05) is 32.9 Å². The van der Waals surface area contributed by atoms with E-state index in [1.807, 2.05) is 0 Å². The summed E-state index contributed by atoms with van der Waals surface area (Å²) in [7, 11) is 5.49. The van der Waals surface area contributed by atoms with E-state index in [2.05, 4.69) is 36.9 Å². The Hall–Kier alpha value is -7.09. The highest BCUT2D eigenvalue weighted by molar-refractivity contribution is 8.77. The number of aromatic hydroxyl groups is 1. The zero-order valence-electron chi connectivity index (χ0n) is 43.5. The molecule has 0 radical (unpaired) electrons. The molecule has 5 rings (SSSR count). The van der Waals surface area contributed by atoms with Crippen molar-refractivity contribution in [3.8, 4) is 5.75 Å². The molecule has 2 aromatic rings. The number of guanidine groups is 1. The van der Waals surface area contributed by atoms with Gasteiger partial charge in [-0.15, -0.1) is 0 Å². The van der Waals surface area contributed by atoms with E-state index in [1.54, 1.807) is 42.5 Å². The summed E-state index contributed by atoms with van der Waals surface area (Å²) in [4.78, 5) is 146. The summed E-state index contributed by atoms with van der Waals surface area (Å²) < 4.78 is -0.726. The van der Waals surface area contributed by atoms with Crippen molar-refractivity contribution in [2.24, 2.45) is 27.9 Å². The number of carbonyl (C=O) groups excluding carboxylic acids is 10. The summed E-state index contributed by atoms with van der Waals surface area (Å²) in [5.41, 5.74) is 23.2. The molecule has 1 saturated carbocycles. The first-order valence-electron chi connectivity index (χ1n) is 25.7. The van der Waals surface area contributed by atoms with E-state index < -0.39 is 125 Å². The maximum Gasteiger partial charge on any atom is 0.246 e. The third kappa shape index (κ3) is 18.6. The lowest BCUT2D eigenvalue weighted by Gasteiger charge is -2.38. The smallest absolute Gasteiger partial charge is 0.246 e. The lowest BCUT2D eigenvalue weighted by atomic mass is 9.85. The molecule has 0 bridgehead atoms. The Bertz CT molecular complexity index is 2460. The second-order valence-corrected chi connectivity index (χ2v) is 22.4. The van der Waals surface area contributed by atoms with Crippen LogP contribution in [0.2, 0.25) is 0 Å². The first-order valence-corrected chi connectivity index (χ1v) is 28.0. The van der Waals surface area contributed by atoms with Gasteiger partial charge in [-0.3, -0.25) is 52.9 Å². The van der Waals surface area contributed by atoms with Crippen LogP contribution in [0.1, 0.15) is 94.6 Å². The number of carbonyl (C=O) groups is 10. The van der Waals surface area contributed by atoms with Crippen molar-refractivity contribution in [1.82, 2.24) is 41.7 Å². The van der Waals surface area contributed by atoms with Gasteiger partial charge in [0.15, 0.2) is 5.96 Å². The van der Waals surface area contributed by atoms with Crippen LogP contribution in [0.3, 0.4) is 0 Å². The third-order valence-electron chi connectivity index (χ3n) is 13.8. The van der Waals surface area contributed by atoms with Crippen LogP contribution in [0.4, 0.5) is 0 Å². The van der Waals surface area contributed by atoms with Gasteiger partial charge in [0.1, 0.15) is 48.0 Å². The molecule has 3 fully saturated rings. The standard InChI is InChI=1S/C51H73N13O11S2/c1-56-43(69)33(13-9-23-57-50(54)55)59-47(73)38-14-10-24-64(38)49(75)37-29-76-77-51(21-7-4-8-22-51)28-42(68)63(2)39(26-31-15-17-32(65)18-16-31)48(74)61-35(25-30-11-5-3-6-12-30)45(71)58-34(19-20-40(52)66)44(70)60-36(27-41(53)67)46(72)62-37/h3,5-6,11-12,15-18,33-39,65H,4,7-10,13-14,19-29H2,1-2H3,(H2,52,66)(H2,53,67)(H,56,69)(H,58,71)(H,59,73)(H,60,70)(H,61,74)(H,62,72)(H4,54,55,57)/t33-,34-,35+,36+,37+,38-,39-/m0/s1. The lowest BCUT2D eigenvalue weighted by molar-refractivity contribution is -0.142. The number of primary amides is 2. The van der Waals surface area contributed by atoms with E-state index >= 15 is 0 Å². The average Bonchev–Trinajstić information content (AvgIpc) is 3.90. The summed E-state index contributed by atoms with van der Waals surface area (Å²) >= 11 is 0. The molecule has 1 aliphatic carbocycles. The number of nitrogens with zero attached hydrogens (tertiary/aromatic N) is 3. The maximum atomic E-state index is 14.9. The minimum Gasteiger partial charge on any atom is -0.508 e. The molecular weight excluding hydrogens is 1030 g/mol. The molecule has 0 aromatic heterocycles. The van der Waals surface area contributed by atoms with Gasteiger partial charge in [0.25, 0.3) is 0 Å². The van der Waals surface area contributed by atoms with E-state index in [1.165, 1.54) is 57.6 Å². The number of benzene rings is 2. The number of amides is 10. The van der Waals surface area contributed by atoms with Crippen molar-refractivity contribution in [3.63, 3.8) is 0 Å². The van der Waals surface area contributed by atoms with E-state index in [0.717, 1.165) is 19.3 Å². The van der Waals surface area contributed by atoms with Crippen LogP contribution in [-0.4, -0.2) is 160 Å². The molecule has 7 atom stereocenters. The zero-order chi connectivity index (χ0) is 56.2. The van der Waals surface area contributed by atoms with Gasteiger partial charge in [0.2, 0.25) is 59.1 Å². The second-order valence-electron chi connectivity index (χ2n) is 19.6. The second kappa shape index (κ2) is 29.4. The summed E-state index contributed by atoms with van der Waals surface area (Å²) in [6, 6.07) is 5.38. The Morgan fingerprint density at radius 1 is 0.792 bits per heavy atom. The molecule has 1 spiro atoms. The van der Waals surface area contributed by atoms with E-state index in [9.17, 15) is 53.1 Å². The SMILES string of the molecule is CNC(=O)[C@H](CCCN=C(N)N)NC(=O)[C@@H]1CCCN1C(=O)[C@H]1CSSC2(CCCCC2)CC(=O)N(C)[C@@H](Cc2ccc(O)cc2)C(=O)N[C@H](Cc2ccccc2)C(=O)N[C@@H](CCC(N)=O)C(=O)N[C@H](CC(N)=O)C(=O)N1. The highest BCUT2D eigenvalue weighted by Gasteiger charge is 2.43. The lowest BCUT2D eigenvalue weighted by Crippen LogP contribution is -2.61. The number of hydrogen-bond donors (Lipinski definition) is 11. The average molecular weight is 1110 g/mol. The van der Waals surface area contributed by atoms with Crippen LogP contribution in [0, 0.1) is 0 Å². The molecule has 15 N–H and O–H groups in total. The van der Waals surface area contributed by atoms with E-state index in [-0.39, 0.29) is 62.7 Å². The molecule has 24 nitrogen and oxygen atoms in total. The van der Waals surface area contributed by atoms with Crippen LogP contribution in [-0.2, 0) is 60.8 Å². The minimum atomic E-state index is -1.74. The predicted molar refractivity (Wildman–Crippen MR) is 290 cm³/mol. The van der Waals surface area contributed by atoms with Gasteiger partial charge >= 0.3 is 0 Å². The van der Waals surface area contributed by atoms with Crippen LogP contribution < -0.4 is 54.8 Å². The molecule has 2 aromatic carbocycles. The maximum absolute atomic E-state index is 14.9. The number of nitrogens with two attached hydrogens (primary N) is 4. The van der Waals surface area contributed by atoms with Gasteiger partial charge < -0.3 is 69.7 Å². The fourth-order valence-corrected chi connectivity index (χ4v) is 12.9. The zero-order valence-corrected chi connectivity index (χ0v) is 45.1. The third-order valence-corrected chi connectivity index (χ3v) is 17.1. The number of hydrogen-bond acceptors (Lipinski definition) is 14. The van der Waals surface area contributed by atoms with E-state index in [4.69, 9.17) is 22.9 Å². The summed E-state index contributed by atoms with van der Waals surface area (Å²) in [6.45, 7) is 0.282. The Morgan fingerprint density at radius 3 is 2.08 bits per heavy atom. The first kappa shape index (κ1) is 60.8. The van der Waals surface area contributed by atoms with Crippen molar-refractivity contribution in [2.45, 2.75) is 143 Å². The molecule has 0 unspecified atom stereocenters. The van der Waals surface area contributed by atoms with Gasteiger partial charge in [-0.25, -0.2) is 0 Å². The summed E-state index contributed by atoms with van der Waals surface area (Å²) in [5.74, 6) is -7.99. The Balaban J connectivity index is 1.55. The molecule has 2 heterocycles. The predicted octanol–water partition coefficient (Wildman–Crippen LogP) is -1.15. The molecular formula is C51H73N13O11S2. The van der Waals surface area contributed by atoms with Gasteiger partial charge in [-0.2, -0.15) is 0 Å². The number of aliphatic imine (C=N–C) groups is 1. The molecule has 77 heavy (non-hydrogen) atoms. The number of likely N-dealkylation sites (N-methyl/N-ethyl adjacent to an activating group) is 2. The van der Waals surface area contributed by atoms with Crippen molar-refractivity contribution >= 4 is 86.6 Å². The topological polar surface area (TPSA) is 386 Å². The van der Waals surface area contributed by atoms with Gasteiger partial charge in [0, 0.05) is 63.4 Å². The normalized spacial score (nSPS) is 23.3. The Morgan fingerprint density at radius 2 is 1.43 bits per heavy atom. The monoisotopic (exact) mass is 1110 g/mol. The molecule has 420 valence electrons. The van der Waals surface area contributed by atoms with Crippen LogP contribution in [0.5, 0.6) is 5.75 Å². The molecule has 26 heteroatoms.